The van der Waals surface area contributed by atoms with Crippen LogP contribution < -0.4 is 0 Å². The number of hydrogen-bond donors (Lipinski definition) is 0. The molecule has 0 fully saturated rings. The molecule has 0 amide bonds. The van der Waals surface area contributed by atoms with Crippen molar-refractivity contribution in [1.82, 2.24) is 0 Å². The monoisotopic (exact) mass is 257 g/mol. The minimum absolute atomic E-state index is 0.126. The lowest BCUT2D eigenvalue weighted by Crippen LogP contribution is -1.90. The Balaban J connectivity index is 3.22. The highest BCUT2D eigenvalue weighted by molar-refractivity contribution is 9.09. The second-order valence-electron chi connectivity index (χ2n) is 2.52. The van der Waals surface area contributed by atoms with Gasteiger partial charge in [-0.3, -0.25) is 0 Å². The van der Waals surface area contributed by atoms with Crippen LogP contribution in [0.2, 0.25) is 0 Å². The van der Waals surface area contributed by atoms with E-state index in [9.17, 15) is 8.78 Å². The van der Waals surface area contributed by atoms with Gasteiger partial charge in [-0.05, 0) is 17.7 Å². The van der Waals surface area contributed by atoms with Crippen LogP contribution in [0.4, 0.5) is 8.78 Å². The molecule has 1 nitrogen and oxygen atoms in total. The van der Waals surface area contributed by atoms with E-state index in [-0.39, 0.29) is 5.56 Å². The van der Waals surface area contributed by atoms with Crippen LogP contribution in [0.15, 0.2) is 18.2 Å². The minimum atomic E-state index is -1.00. The van der Waals surface area contributed by atoms with Crippen molar-refractivity contribution in [2.75, 3.05) is 5.33 Å². The number of halogens is 3. The van der Waals surface area contributed by atoms with Crippen LogP contribution in [0.3, 0.4) is 0 Å². The molecule has 0 saturated heterocycles. The topological polar surface area (TPSA) is 23.8 Å². The number of nitrogens with zero attached hydrogens (tertiary/aromatic N) is 1. The second-order valence-corrected chi connectivity index (χ2v) is 3.17. The van der Waals surface area contributed by atoms with Crippen LogP contribution in [0, 0.1) is 23.0 Å². The maximum atomic E-state index is 12.8. The Kier molecular flexibility index (Phi) is 3.78. The van der Waals surface area contributed by atoms with E-state index in [0.29, 0.717) is 10.9 Å². The Hall–Kier alpha value is -1.21. The van der Waals surface area contributed by atoms with Gasteiger partial charge in [-0.1, -0.05) is 28.1 Å². The van der Waals surface area contributed by atoms with Crippen molar-refractivity contribution in [2.45, 2.75) is 0 Å². The first kappa shape index (κ1) is 10.9. The van der Waals surface area contributed by atoms with Gasteiger partial charge in [-0.25, -0.2) is 8.78 Å². The van der Waals surface area contributed by atoms with Crippen molar-refractivity contribution < 1.29 is 8.78 Å². The summed E-state index contributed by atoms with van der Waals surface area (Å²) in [5.41, 5.74) is 0.506. The van der Waals surface area contributed by atoms with Crippen molar-refractivity contribution in [2.24, 2.45) is 0 Å². The number of nitriles is 1. The quantitative estimate of drug-likeness (QED) is 0.747. The van der Waals surface area contributed by atoms with E-state index < -0.39 is 11.6 Å². The molecule has 0 unspecified atom stereocenters. The van der Waals surface area contributed by atoms with Gasteiger partial charge in [0.15, 0.2) is 11.6 Å². The van der Waals surface area contributed by atoms with E-state index in [1.54, 1.807) is 18.2 Å². The standard InChI is InChI=1S/C10H6BrF2N/c11-3-1-2-7-4-9(12)10(13)5-8(7)6-14/h1-2,4-5H,3H2. The Morgan fingerprint density at radius 1 is 1.36 bits per heavy atom. The van der Waals surface area contributed by atoms with Crippen molar-refractivity contribution >= 4 is 22.0 Å². The molecule has 72 valence electrons. The van der Waals surface area contributed by atoms with Gasteiger partial charge in [0.1, 0.15) is 0 Å². The summed E-state index contributed by atoms with van der Waals surface area (Å²) >= 11 is 3.15. The zero-order valence-electron chi connectivity index (χ0n) is 7.10. The molecule has 4 heteroatoms. The van der Waals surface area contributed by atoms with Crippen LogP contribution >= 0.6 is 15.9 Å². The highest BCUT2D eigenvalue weighted by Gasteiger charge is 2.06. The molecule has 1 aromatic carbocycles. The zero-order chi connectivity index (χ0) is 10.6. The van der Waals surface area contributed by atoms with Gasteiger partial charge in [0.2, 0.25) is 0 Å². The number of benzene rings is 1. The molecule has 0 radical (unpaired) electrons. The third kappa shape index (κ3) is 2.39. The lowest BCUT2D eigenvalue weighted by molar-refractivity contribution is 0.508. The molecule has 1 rings (SSSR count). The van der Waals surface area contributed by atoms with Gasteiger partial charge in [0.25, 0.3) is 0 Å². The summed E-state index contributed by atoms with van der Waals surface area (Å²) in [4.78, 5) is 0. The first-order valence-corrected chi connectivity index (χ1v) is 4.93. The molecule has 0 heterocycles. The fraction of sp³-hybridized carbons (Fsp3) is 0.100. The van der Waals surface area contributed by atoms with Crippen molar-refractivity contribution in [3.8, 4) is 6.07 Å². The maximum Gasteiger partial charge on any atom is 0.160 e. The van der Waals surface area contributed by atoms with E-state index in [1.165, 1.54) is 0 Å². The zero-order valence-corrected chi connectivity index (χ0v) is 8.68. The van der Waals surface area contributed by atoms with E-state index >= 15 is 0 Å². The smallest absolute Gasteiger partial charge is 0.160 e. The minimum Gasteiger partial charge on any atom is -0.204 e. The van der Waals surface area contributed by atoms with Crippen LogP contribution in [0.25, 0.3) is 6.08 Å². The molecule has 0 atom stereocenters. The van der Waals surface area contributed by atoms with E-state index in [2.05, 4.69) is 15.9 Å². The van der Waals surface area contributed by atoms with Gasteiger partial charge in [-0.2, -0.15) is 5.26 Å². The third-order valence-electron chi connectivity index (χ3n) is 1.60. The highest BCUT2D eigenvalue weighted by atomic mass is 79.9. The molecule has 14 heavy (non-hydrogen) atoms. The van der Waals surface area contributed by atoms with E-state index in [1.807, 2.05) is 0 Å². The summed E-state index contributed by atoms with van der Waals surface area (Å²) < 4.78 is 25.5. The lowest BCUT2D eigenvalue weighted by atomic mass is 10.1. The summed E-state index contributed by atoms with van der Waals surface area (Å²) in [5, 5.41) is 9.24. The predicted octanol–water partition coefficient (Wildman–Crippen LogP) is 3.24. The molecular formula is C10H6BrF2N. The summed E-state index contributed by atoms with van der Waals surface area (Å²) in [6, 6.07) is 3.70. The van der Waals surface area contributed by atoms with E-state index in [0.717, 1.165) is 12.1 Å². The molecule has 0 aliphatic heterocycles. The molecule has 0 saturated carbocycles. The summed E-state index contributed by atoms with van der Waals surface area (Å²) in [5.74, 6) is -1.95. The predicted molar refractivity (Wildman–Crippen MR) is 53.9 cm³/mol. The van der Waals surface area contributed by atoms with Crippen molar-refractivity contribution in [3.63, 3.8) is 0 Å². The lowest BCUT2D eigenvalue weighted by Gasteiger charge is -1.98. The first-order chi connectivity index (χ1) is 6.69. The summed E-state index contributed by atoms with van der Waals surface area (Å²) in [6.45, 7) is 0. The SMILES string of the molecule is N#Cc1cc(F)c(F)cc1C=CCBr. The third-order valence-corrected chi connectivity index (χ3v) is 1.97. The fourth-order valence-electron chi connectivity index (χ4n) is 0.968. The number of alkyl halides is 1. The largest absolute Gasteiger partial charge is 0.204 e. The fourth-order valence-corrected chi connectivity index (χ4v) is 1.16. The number of hydrogen-bond acceptors (Lipinski definition) is 1. The Morgan fingerprint density at radius 3 is 2.57 bits per heavy atom. The van der Waals surface area contributed by atoms with Gasteiger partial charge in [0.05, 0.1) is 11.6 Å². The number of allylic oxidation sites excluding steroid dienone is 1. The van der Waals surface area contributed by atoms with Crippen LogP contribution in [0.1, 0.15) is 11.1 Å². The second kappa shape index (κ2) is 4.87. The van der Waals surface area contributed by atoms with E-state index in [4.69, 9.17) is 5.26 Å². The normalized spacial score (nSPS) is 10.4. The Labute approximate surface area is 88.8 Å². The van der Waals surface area contributed by atoms with Gasteiger partial charge >= 0.3 is 0 Å². The van der Waals surface area contributed by atoms with Crippen LogP contribution in [-0.4, -0.2) is 5.33 Å². The molecule has 0 bridgehead atoms. The van der Waals surface area contributed by atoms with Crippen molar-refractivity contribution in [1.29, 1.82) is 5.26 Å². The van der Waals surface area contributed by atoms with Gasteiger partial charge in [-0.15, -0.1) is 0 Å². The Bertz CT molecular complexity index is 407. The van der Waals surface area contributed by atoms with Crippen LogP contribution in [-0.2, 0) is 0 Å². The van der Waals surface area contributed by atoms with Crippen LogP contribution in [0.5, 0.6) is 0 Å². The first-order valence-electron chi connectivity index (χ1n) is 3.80. The molecular weight excluding hydrogens is 252 g/mol. The molecule has 0 N–H and O–H groups in total. The average molecular weight is 258 g/mol. The number of rotatable bonds is 2. The summed E-state index contributed by atoms with van der Waals surface area (Å²) in [7, 11) is 0. The average Bonchev–Trinajstić information content (AvgIpc) is 2.19. The van der Waals surface area contributed by atoms with Crippen molar-refractivity contribution in [3.05, 3.63) is 41.0 Å². The van der Waals surface area contributed by atoms with Gasteiger partial charge < -0.3 is 0 Å². The Morgan fingerprint density at radius 2 is 2.00 bits per heavy atom. The molecule has 1 aromatic rings. The maximum absolute atomic E-state index is 12.8. The molecule has 0 aromatic heterocycles. The molecule has 0 spiro atoms. The molecule has 0 aliphatic carbocycles. The molecule has 0 aliphatic rings. The highest BCUT2D eigenvalue weighted by Crippen LogP contribution is 2.15. The summed E-state index contributed by atoms with van der Waals surface area (Å²) in [6.07, 6.45) is 3.27. The van der Waals surface area contributed by atoms with Gasteiger partial charge in [0, 0.05) is 5.33 Å².